The topological polar surface area (TPSA) is 38.3 Å². The first-order chi connectivity index (χ1) is 9.13. The Morgan fingerprint density at radius 3 is 2.84 bits per heavy atom. The van der Waals surface area contributed by atoms with Gasteiger partial charge in [0.2, 0.25) is 5.91 Å². The van der Waals surface area contributed by atoms with Crippen LogP contribution in [0.1, 0.15) is 18.7 Å². The number of nitrogens with one attached hydrogen (secondary N) is 1. The molecular weight excluding hydrogens is 258 g/mol. The van der Waals surface area contributed by atoms with Crippen LogP contribution < -0.4 is 10.1 Å². The number of carbonyl (C=O) groups is 1. The van der Waals surface area contributed by atoms with E-state index < -0.39 is 0 Å². The predicted octanol–water partition coefficient (Wildman–Crippen LogP) is 3.72. The Kier molecular flexibility index (Phi) is 4.58. The summed E-state index contributed by atoms with van der Waals surface area (Å²) in [5.41, 5.74) is 0.764. The molecule has 0 aliphatic carbocycles. The van der Waals surface area contributed by atoms with Crippen molar-refractivity contribution in [3.63, 3.8) is 0 Å². The second kappa shape index (κ2) is 6.38. The van der Waals surface area contributed by atoms with Gasteiger partial charge in [-0.2, -0.15) is 0 Å². The number of ether oxygens (including phenoxy) is 1. The molecule has 0 atom stereocenters. The Morgan fingerprint density at radius 2 is 2.16 bits per heavy atom. The van der Waals surface area contributed by atoms with E-state index in [-0.39, 0.29) is 12.0 Å². The molecule has 0 aliphatic heterocycles. The van der Waals surface area contributed by atoms with Gasteiger partial charge in [-0.15, -0.1) is 11.3 Å². The van der Waals surface area contributed by atoms with Crippen LogP contribution in [0.2, 0.25) is 0 Å². The molecule has 1 aromatic heterocycles. The summed E-state index contributed by atoms with van der Waals surface area (Å²) in [4.78, 5) is 12.9. The van der Waals surface area contributed by atoms with E-state index in [0.29, 0.717) is 6.42 Å². The summed E-state index contributed by atoms with van der Waals surface area (Å²) in [5, 5.41) is 4.85. The van der Waals surface area contributed by atoms with Crippen LogP contribution in [-0.2, 0) is 11.2 Å². The molecule has 0 spiro atoms. The van der Waals surface area contributed by atoms with Gasteiger partial charge in [-0.05, 0) is 37.4 Å². The molecule has 3 nitrogen and oxygen atoms in total. The second-order valence-corrected chi connectivity index (χ2v) is 5.53. The number of rotatable bonds is 5. The van der Waals surface area contributed by atoms with E-state index in [1.807, 2.05) is 55.6 Å². The summed E-state index contributed by atoms with van der Waals surface area (Å²) >= 11 is 1.59. The zero-order valence-corrected chi connectivity index (χ0v) is 11.9. The highest BCUT2D eigenvalue weighted by atomic mass is 32.1. The zero-order valence-electron chi connectivity index (χ0n) is 11.1. The fourth-order valence-corrected chi connectivity index (χ4v) is 2.40. The molecule has 1 aromatic carbocycles. The average Bonchev–Trinajstić information content (AvgIpc) is 2.81. The lowest BCUT2D eigenvalue weighted by atomic mass is 10.2. The first-order valence-corrected chi connectivity index (χ1v) is 7.10. The van der Waals surface area contributed by atoms with Gasteiger partial charge in [-0.3, -0.25) is 4.79 Å². The number of hydrogen-bond acceptors (Lipinski definition) is 3. The third-order valence-electron chi connectivity index (χ3n) is 2.40. The molecule has 0 saturated carbocycles. The van der Waals surface area contributed by atoms with E-state index in [2.05, 4.69) is 5.32 Å². The van der Waals surface area contributed by atoms with E-state index in [9.17, 15) is 4.79 Å². The van der Waals surface area contributed by atoms with Gasteiger partial charge in [0.25, 0.3) is 0 Å². The Bertz CT molecular complexity index is 535. The van der Waals surface area contributed by atoms with Crippen molar-refractivity contribution < 1.29 is 9.53 Å². The highest BCUT2D eigenvalue weighted by Gasteiger charge is 2.06. The normalized spacial score (nSPS) is 10.5. The molecule has 4 heteroatoms. The van der Waals surface area contributed by atoms with Crippen molar-refractivity contribution in [1.29, 1.82) is 0 Å². The van der Waals surface area contributed by atoms with Crippen LogP contribution in [0.25, 0.3) is 0 Å². The van der Waals surface area contributed by atoms with Crippen LogP contribution >= 0.6 is 11.3 Å². The Balaban J connectivity index is 1.96. The third-order valence-corrected chi connectivity index (χ3v) is 3.28. The summed E-state index contributed by atoms with van der Waals surface area (Å²) in [6, 6.07) is 11.4. The molecule has 1 N–H and O–H groups in total. The van der Waals surface area contributed by atoms with Gasteiger partial charge in [0.15, 0.2) is 0 Å². The smallest absolute Gasteiger partial charge is 0.229 e. The van der Waals surface area contributed by atoms with Crippen molar-refractivity contribution in [2.45, 2.75) is 26.4 Å². The van der Waals surface area contributed by atoms with Crippen LogP contribution in [0.3, 0.4) is 0 Å². The molecule has 1 heterocycles. The zero-order chi connectivity index (χ0) is 13.7. The van der Waals surface area contributed by atoms with Crippen LogP contribution in [0, 0.1) is 0 Å². The summed E-state index contributed by atoms with van der Waals surface area (Å²) in [7, 11) is 0. The SMILES string of the molecule is CC(C)Oc1cccc(NC(=O)Cc2cccs2)c1. The van der Waals surface area contributed by atoms with Gasteiger partial charge in [0.1, 0.15) is 5.75 Å². The van der Waals surface area contributed by atoms with E-state index in [0.717, 1.165) is 16.3 Å². The van der Waals surface area contributed by atoms with Gasteiger partial charge >= 0.3 is 0 Å². The maximum atomic E-state index is 11.9. The van der Waals surface area contributed by atoms with E-state index >= 15 is 0 Å². The average molecular weight is 275 g/mol. The summed E-state index contributed by atoms with van der Waals surface area (Å²) < 4.78 is 5.59. The van der Waals surface area contributed by atoms with Gasteiger partial charge in [-0.1, -0.05) is 12.1 Å². The molecule has 2 aromatic rings. The molecule has 0 saturated heterocycles. The van der Waals surface area contributed by atoms with Crippen LogP contribution in [0.5, 0.6) is 5.75 Å². The fourth-order valence-electron chi connectivity index (χ4n) is 1.70. The van der Waals surface area contributed by atoms with E-state index in [4.69, 9.17) is 4.74 Å². The Labute approximate surface area is 117 Å². The van der Waals surface area contributed by atoms with Gasteiger partial charge < -0.3 is 10.1 Å². The van der Waals surface area contributed by atoms with Crippen molar-refractivity contribution in [3.8, 4) is 5.75 Å². The first-order valence-electron chi connectivity index (χ1n) is 6.22. The minimum absolute atomic E-state index is 0.0100. The lowest BCUT2D eigenvalue weighted by molar-refractivity contribution is -0.115. The fraction of sp³-hybridized carbons (Fsp3) is 0.267. The molecule has 0 fully saturated rings. The van der Waals surface area contributed by atoms with E-state index in [1.165, 1.54) is 0 Å². The quantitative estimate of drug-likeness (QED) is 0.903. The van der Waals surface area contributed by atoms with Crippen molar-refractivity contribution in [2.75, 3.05) is 5.32 Å². The van der Waals surface area contributed by atoms with Gasteiger partial charge in [0.05, 0.1) is 12.5 Å². The standard InChI is InChI=1S/C15H17NO2S/c1-11(2)18-13-6-3-5-12(9-13)16-15(17)10-14-7-4-8-19-14/h3-9,11H,10H2,1-2H3,(H,16,17). The maximum absolute atomic E-state index is 11.9. The Hall–Kier alpha value is -1.81. The highest BCUT2D eigenvalue weighted by molar-refractivity contribution is 7.10. The van der Waals surface area contributed by atoms with Crippen LogP contribution in [-0.4, -0.2) is 12.0 Å². The predicted molar refractivity (Wildman–Crippen MR) is 78.9 cm³/mol. The molecule has 0 bridgehead atoms. The van der Waals surface area contributed by atoms with Gasteiger partial charge in [-0.25, -0.2) is 0 Å². The van der Waals surface area contributed by atoms with Gasteiger partial charge in [0, 0.05) is 16.6 Å². The van der Waals surface area contributed by atoms with Crippen LogP contribution in [0.4, 0.5) is 5.69 Å². The molecule has 0 aliphatic rings. The second-order valence-electron chi connectivity index (χ2n) is 4.50. The molecule has 100 valence electrons. The van der Waals surface area contributed by atoms with Crippen molar-refractivity contribution in [1.82, 2.24) is 0 Å². The highest BCUT2D eigenvalue weighted by Crippen LogP contribution is 2.19. The maximum Gasteiger partial charge on any atom is 0.229 e. The minimum Gasteiger partial charge on any atom is -0.491 e. The number of hydrogen-bond donors (Lipinski definition) is 1. The summed E-state index contributed by atoms with van der Waals surface area (Å²) in [5.74, 6) is 0.757. The van der Waals surface area contributed by atoms with Crippen molar-refractivity contribution >= 4 is 22.9 Å². The van der Waals surface area contributed by atoms with E-state index in [1.54, 1.807) is 11.3 Å². The molecule has 19 heavy (non-hydrogen) atoms. The largest absolute Gasteiger partial charge is 0.491 e. The Morgan fingerprint density at radius 1 is 1.32 bits per heavy atom. The monoisotopic (exact) mass is 275 g/mol. The lowest BCUT2D eigenvalue weighted by Crippen LogP contribution is -2.14. The molecule has 0 radical (unpaired) electrons. The molecule has 2 rings (SSSR count). The van der Waals surface area contributed by atoms with Crippen LogP contribution in [0.15, 0.2) is 41.8 Å². The molecular formula is C15H17NO2S. The molecule has 1 amide bonds. The third kappa shape index (κ3) is 4.41. The number of carbonyl (C=O) groups excluding carboxylic acids is 1. The summed E-state index contributed by atoms with van der Waals surface area (Å²) in [6.45, 7) is 3.95. The first kappa shape index (κ1) is 13.6. The number of anilines is 1. The number of benzene rings is 1. The van der Waals surface area contributed by atoms with Crippen molar-refractivity contribution in [2.24, 2.45) is 0 Å². The minimum atomic E-state index is -0.0100. The lowest BCUT2D eigenvalue weighted by Gasteiger charge is -2.11. The number of amides is 1. The number of thiophene rings is 1. The summed E-state index contributed by atoms with van der Waals surface area (Å²) in [6.07, 6.45) is 0.532. The van der Waals surface area contributed by atoms with Crippen molar-refractivity contribution in [3.05, 3.63) is 46.7 Å². The molecule has 0 unspecified atom stereocenters.